The van der Waals surface area contributed by atoms with E-state index in [1.807, 2.05) is 0 Å². The summed E-state index contributed by atoms with van der Waals surface area (Å²) in [6.07, 6.45) is 3.22. The number of morpholine rings is 1. The molecule has 1 aromatic carbocycles. The Labute approximate surface area is 177 Å². The maximum Gasteiger partial charge on any atom is 0.243 e. The molecule has 3 rings (SSSR count). The smallest absolute Gasteiger partial charge is 0.243 e. The summed E-state index contributed by atoms with van der Waals surface area (Å²) in [4.78, 5) is 4.09. The molecule has 0 unspecified atom stereocenters. The van der Waals surface area contributed by atoms with Gasteiger partial charge in [-0.25, -0.2) is 16.8 Å². The number of rotatable bonds is 9. The van der Waals surface area contributed by atoms with Crippen LogP contribution in [0.15, 0.2) is 58.6 Å². The molecule has 1 fully saturated rings. The van der Waals surface area contributed by atoms with Gasteiger partial charge in [-0.2, -0.15) is 8.61 Å². The van der Waals surface area contributed by atoms with Crippen LogP contribution in [0.25, 0.3) is 0 Å². The highest BCUT2D eigenvalue weighted by Gasteiger charge is 2.28. The van der Waals surface area contributed by atoms with Gasteiger partial charge in [0.15, 0.2) is 0 Å². The monoisotopic (exact) mass is 455 g/mol. The van der Waals surface area contributed by atoms with Gasteiger partial charge in [-0.1, -0.05) is 6.07 Å². The molecule has 0 bridgehead atoms. The Bertz CT molecular complexity index is 1020. The highest BCUT2D eigenvalue weighted by atomic mass is 32.2. The Morgan fingerprint density at radius 3 is 2.33 bits per heavy atom. The summed E-state index contributed by atoms with van der Waals surface area (Å²) in [6, 6.07) is 8.84. The molecule has 0 saturated carbocycles. The van der Waals surface area contributed by atoms with Crippen molar-refractivity contribution in [1.82, 2.24) is 13.6 Å². The van der Waals surface area contributed by atoms with Gasteiger partial charge in [-0.05, 0) is 35.9 Å². The first kappa shape index (κ1) is 22.8. The molecule has 1 saturated heterocycles. The average Bonchev–Trinajstić information content (AvgIpc) is 2.78. The van der Waals surface area contributed by atoms with Crippen molar-refractivity contribution < 1.29 is 26.3 Å². The van der Waals surface area contributed by atoms with Gasteiger partial charge < -0.3 is 9.47 Å². The second-order valence-electron chi connectivity index (χ2n) is 6.68. The van der Waals surface area contributed by atoms with Crippen molar-refractivity contribution in [3.05, 3.63) is 54.4 Å². The zero-order valence-electron chi connectivity index (χ0n) is 16.7. The van der Waals surface area contributed by atoms with Crippen LogP contribution in [0.2, 0.25) is 0 Å². The summed E-state index contributed by atoms with van der Waals surface area (Å²) >= 11 is 0. The lowest BCUT2D eigenvalue weighted by atomic mass is 10.3. The van der Waals surface area contributed by atoms with Crippen molar-refractivity contribution in [2.45, 2.75) is 16.3 Å². The van der Waals surface area contributed by atoms with Gasteiger partial charge in [0.25, 0.3) is 0 Å². The molecule has 164 valence electrons. The van der Waals surface area contributed by atoms with Gasteiger partial charge in [0.1, 0.15) is 0 Å². The van der Waals surface area contributed by atoms with E-state index in [0.29, 0.717) is 13.2 Å². The predicted octanol–water partition coefficient (Wildman–Crippen LogP) is 0.940. The molecule has 0 aliphatic carbocycles. The maximum absolute atomic E-state index is 13.2. The first-order valence-corrected chi connectivity index (χ1v) is 12.3. The maximum atomic E-state index is 13.2. The first-order chi connectivity index (χ1) is 14.4. The summed E-state index contributed by atoms with van der Waals surface area (Å²) < 4.78 is 64.7. The number of benzene rings is 1. The number of methoxy groups -OCH3 is 1. The Morgan fingerprint density at radius 2 is 1.73 bits per heavy atom. The Kier molecular flexibility index (Phi) is 7.55. The molecule has 9 nitrogen and oxygen atoms in total. The molecular formula is C19H25N3O6S2. The fourth-order valence-electron chi connectivity index (χ4n) is 3.04. The van der Waals surface area contributed by atoms with Gasteiger partial charge in [0.05, 0.1) is 29.6 Å². The highest BCUT2D eigenvalue weighted by Crippen LogP contribution is 2.22. The summed E-state index contributed by atoms with van der Waals surface area (Å²) in [6.45, 7) is 1.75. The first-order valence-electron chi connectivity index (χ1n) is 9.41. The number of ether oxygens (including phenoxy) is 2. The molecule has 2 aromatic rings. The molecule has 11 heteroatoms. The third-order valence-corrected chi connectivity index (χ3v) is 8.47. The number of hydrogen-bond donors (Lipinski definition) is 0. The van der Waals surface area contributed by atoms with Crippen LogP contribution in [0.3, 0.4) is 0 Å². The van der Waals surface area contributed by atoms with E-state index in [1.54, 1.807) is 24.5 Å². The van der Waals surface area contributed by atoms with E-state index in [9.17, 15) is 16.8 Å². The zero-order valence-corrected chi connectivity index (χ0v) is 18.3. The molecule has 1 aliphatic rings. The number of hydrogen-bond acceptors (Lipinski definition) is 7. The van der Waals surface area contributed by atoms with E-state index >= 15 is 0 Å². The van der Waals surface area contributed by atoms with E-state index in [4.69, 9.17) is 9.47 Å². The lowest BCUT2D eigenvalue weighted by Crippen LogP contribution is -2.40. The van der Waals surface area contributed by atoms with E-state index in [1.165, 1.54) is 40.0 Å². The van der Waals surface area contributed by atoms with Crippen molar-refractivity contribution in [3.8, 4) is 0 Å². The van der Waals surface area contributed by atoms with Crippen molar-refractivity contribution in [2.24, 2.45) is 0 Å². The fourth-order valence-corrected chi connectivity index (χ4v) is 5.86. The van der Waals surface area contributed by atoms with E-state index in [-0.39, 0.29) is 42.6 Å². The summed E-state index contributed by atoms with van der Waals surface area (Å²) in [5, 5.41) is 0. The summed E-state index contributed by atoms with van der Waals surface area (Å²) in [5.41, 5.74) is 0.740. The molecule has 0 radical (unpaired) electrons. The van der Waals surface area contributed by atoms with Crippen LogP contribution in [-0.4, -0.2) is 77.0 Å². The topological polar surface area (TPSA) is 106 Å². The predicted molar refractivity (Wildman–Crippen MR) is 110 cm³/mol. The Hall–Kier alpha value is -1.89. The standard InChI is InChI=1S/C19H25N3O6S2/c1-27-12-9-22(16-17-3-2-8-20-15-17)30(25,26)19-6-4-18(5-7-19)29(23,24)21-10-13-28-14-11-21/h2-8,15H,9-14,16H2,1H3. The SMILES string of the molecule is COCCN(Cc1cccnc1)S(=O)(=O)c1ccc(S(=O)(=O)N2CCOCC2)cc1. The number of nitrogens with zero attached hydrogens (tertiary/aromatic N) is 3. The molecule has 1 aliphatic heterocycles. The number of aromatic nitrogens is 1. The van der Waals surface area contributed by atoms with Gasteiger partial charge in [0.2, 0.25) is 20.0 Å². The highest BCUT2D eigenvalue weighted by molar-refractivity contribution is 7.89. The lowest BCUT2D eigenvalue weighted by molar-refractivity contribution is 0.0730. The van der Waals surface area contributed by atoms with E-state index in [2.05, 4.69) is 4.98 Å². The van der Waals surface area contributed by atoms with Gasteiger partial charge in [0, 0.05) is 45.7 Å². The van der Waals surface area contributed by atoms with Crippen molar-refractivity contribution >= 4 is 20.0 Å². The quantitative estimate of drug-likeness (QED) is 0.554. The van der Waals surface area contributed by atoms with Crippen LogP contribution in [0.1, 0.15) is 5.56 Å². The molecule has 0 spiro atoms. The summed E-state index contributed by atoms with van der Waals surface area (Å²) in [7, 11) is -6.05. The Balaban J connectivity index is 1.84. The van der Waals surface area contributed by atoms with Crippen LogP contribution in [0.5, 0.6) is 0 Å². The minimum Gasteiger partial charge on any atom is -0.383 e. The van der Waals surface area contributed by atoms with Gasteiger partial charge in [-0.15, -0.1) is 0 Å². The van der Waals surface area contributed by atoms with Gasteiger partial charge in [-0.3, -0.25) is 4.98 Å². The van der Waals surface area contributed by atoms with Crippen LogP contribution in [-0.2, 0) is 36.1 Å². The van der Waals surface area contributed by atoms with Crippen LogP contribution < -0.4 is 0 Å². The molecule has 0 atom stereocenters. The third-order valence-electron chi connectivity index (χ3n) is 4.70. The van der Waals surface area contributed by atoms with E-state index < -0.39 is 20.0 Å². The fraction of sp³-hybridized carbons (Fsp3) is 0.421. The minimum absolute atomic E-state index is 0.0171. The third kappa shape index (κ3) is 5.23. The van der Waals surface area contributed by atoms with Crippen LogP contribution in [0, 0.1) is 0 Å². The number of pyridine rings is 1. The van der Waals surface area contributed by atoms with Crippen LogP contribution in [0.4, 0.5) is 0 Å². The van der Waals surface area contributed by atoms with Crippen molar-refractivity contribution in [1.29, 1.82) is 0 Å². The zero-order chi connectivity index (χ0) is 21.6. The van der Waals surface area contributed by atoms with E-state index in [0.717, 1.165) is 5.56 Å². The summed E-state index contributed by atoms with van der Waals surface area (Å²) in [5.74, 6) is 0. The molecule has 30 heavy (non-hydrogen) atoms. The normalized spacial score (nSPS) is 16.1. The van der Waals surface area contributed by atoms with Gasteiger partial charge >= 0.3 is 0 Å². The lowest BCUT2D eigenvalue weighted by Gasteiger charge is -2.26. The second-order valence-corrected chi connectivity index (χ2v) is 10.6. The average molecular weight is 456 g/mol. The molecule has 1 aromatic heterocycles. The second kappa shape index (κ2) is 9.94. The molecule has 2 heterocycles. The van der Waals surface area contributed by atoms with Crippen molar-refractivity contribution in [2.75, 3.05) is 46.6 Å². The minimum atomic E-state index is -3.86. The molecule has 0 amide bonds. The Morgan fingerprint density at radius 1 is 1.07 bits per heavy atom. The molecule has 0 N–H and O–H groups in total. The largest absolute Gasteiger partial charge is 0.383 e. The number of sulfonamides is 2. The van der Waals surface area contributed by atoms with Crippen LogP contribution >= 0.6 is 0 Å². The molecular weight excluding hydrogens is 430 g/mol. The van der Waals surface area contributed by atoms with Crippen molar-refractivity contribution in [3.63, 3.8) is 0 Å².